The molecule has 74 valence electrons. The smallest absolute Gasteiger partial charge is 0.0983 e. The van der Waals surface area contributed by atoms with Gasteiger partial charge >= 0.3 is 0 Å². The quantitative estimate of drug-likeness (QED) is 0.829. The summed E-state index contributed by atoms with van der Waals surface area (Å²) in [4.78, 5) is 0. The van der Waals surface area contributed by atoms with Crippen LogP contribution in [0.1, 0.15) is 18.1 Å². The predicted octanol–water partition coefficient (Wildman–Crippen LogP) is 2.25. The van der Waals surface area contributed by atoms with E-state index < -0.39 is 0 Å². The van der Waals surface area contributed by atoms with E-state index in [2.05, 4.69) is 45.5 Å². The molecule has 0 saturated carbocycles. The molecule has 2 saturated heterocycles. The monoisotopic (exact) mass is 253 g/mol. The van der Waals surface area contributed by atoms with E-state index in [4.69, 9.17) is 4.74 Å². The van der Waals surface area contributed by atoms with Crippen LogP contribution < -0.4 is 5.32 Å². The van der Waals surface area contributed by atoms with Crippen molar-refractivity contribution < 1.29 is 4.74 Å². The number of halogens is 1. The van der Waals surface area contributed by atoms with Crippen LogP contribution in [0.3, 0.4) is 0 Å². The van der Waals surface area contributed by atoms with Gasteiger partial charge in [-0.15, -0.1) is 0 Å². The van der Waals surface area contributed by atoms with E-state index in [1.165, 1.54) is 12.0 Å². The van der Waals surface area contributed by atoms with Crippen LogP contribution in [-0.2, 0) is 4.74 Å². The third-order valence-corrected chi connectivity index (χ3v) is 3.56. The molecule has 3 rings (SSSR count). The predicted molar refractivity (Wildman–Crippen MR) is 58.2 cm³/mol. The minimum atomic E-state index is 0.266. The van der Waals surface area contributed by atoms with Gasteiger partial charge < -0.3 is 10.1 Å². The molecule has 2 bridgehead atoms. The van der Waals surface area contributed by atoms with Gasteiger partial charge in [0, 0.05) is 17.1 Å². The van der Waals surface area contributed by atoms with E-state index in [1.807, 2.05) is 0 Å². The fourth-order valence-electron chi connectivity index (χ4n) is 2.33. The Bertz CT molecular complexity index is 338. The third-order valence-electron chi connectivity index (χ3n) is 3.03. The lowest BCUT2D eigenvalue weighted by Gasteiger charge is -2.23. The Morgan fingerprint density at radius 3 is 2.64 bits per heavy atom. The van der Waals surface area contributed by atoms with Gasteiger partial charge in [0.15, 0.2) is 0 Å². The molecule has 3 atom stereocenters. The summed E-state index contributed by atoms with van der Waals surface area (Å²) in [6, 6.07) is 8.95. The topological polar surface area (TPSA) is 21.3 Å². The second kappa shape index (κ2) is 3.33. The van der Waals surface area contributed by atoms with Crippen LogP contribution in [-0.4, -0.2) is 18.7 Å². The highest BCUT2D eigenvalue weighted by Gasteiger charge is 2.40. The summed E-state index contributed by atoms with van der Waals surface area (Å²) in [5.41, 5.74) is 1.29. The van der Waals surface area contributed by atoms with Gasteiger partial charge in [-0.05, 0) is 24.1 Å². The van der Waals surface area contributed by atoms with Gasteiger partial charge in [-0.1, -0.05) is 28.1 Å². The summed E-state index contributed by atoms with van der Waals surface area (Å²) < 4.78 is 7.03. The largest absolute Gasteiger partial charge is 0.367 e. The van der Waals surface area contributed by atoms with Crippen molar-refractivity contribution in [3.05, 3.63) is 34.3 Å². The molecule has 3 heteroatoms. The van der Waals surface area contributed by atoms with Crippen molar-refractivity contribution in [1.82, 2.24) is 5.32 Å². The SMILES string of the molecule is Brc1ccc(C2OC3CNC2C3)cc1. The fourth-order valence-corrected chi connectivity index (χ4v) is 2.60. The summed E-state index contributed by atoms with van der Waals surface area (Å²) >= 11 is 3.44. The zero-order chi connectivity index (χ0) is 9.54. The Labute approximate surface area is 91.8 Å². The molecule has 1 aromatic carbocycles. The summed E-state index contributed by atoms with van der Waals surface area (Å²) in [6.45, 7) is 1.03. The number of benzene rings is 1. The van der Waals surface area contributed by atoms with Gasteiger partial charge in [0.2, 0.25) is 0 Å². The second-order valence-corrected chi connectivity index (χ2v) is 4.90. The second-order valence-electron chi connectivity index (χ2n) is 3.98. The number of hydrogen-bond acceptors (Lipinski definition) is 2. The first-order valence-electron chi connectivity index (χ1n) is 4.97. The molecule has 3 unspecified atom stereocenters. The zero-order valence-corrected chi connectivity index (χ0v) is 9.33. The van der Waals surface area contributed by atoms with Crippen molar-refractivity contribution >= 4 is 15.9 Å². The molecule has 0 aromatic heterocycles. The average Bonchev–Trinajstić information content (AvgIpc) is 2.80. The van der Waals surface area contributed by atoms with Crippen molar-refractivity contribution in [3.8, 4) is 0 Å². The Balaban J connectivity index is 1.86. The van der Waals surface area contributed by atoms with E-state index in [0.29, 0.717) is 12.1 Å². The molecule has 2 heterocycles. The molecule has 2 aliphatic heterocycles. The first kappa shape index (κ1) is 8.89. The number of hydrogen-bond donors (Lipinski definition) is 1. The Kier molecular flexibility index (Phi) is 2.11. The van der Waals surface area contributed by atoms with Crippen LogP contribution in [0, 0.1) is 0 Å². The summed E-state index contributed by atoms with van der Waals surface area (Å²) in [6.07, 6.45) is 1.87. The lowest BCUT2D eigenvalue weighted by molar-refractivity contribution is 0.0160. The lowest BCUT2D eigenvalue weighted by Crippen LogP contribution is -2.33. The average molecular weight is 254 g/mol. The van der Waals surface area contributed by atoms with Gasteiger partial charge in [-0.25, -0.2) is 0 Å². The molecule has 1 N–H and O–H groups in total. The Morgan fingerprint density at radius 1 is 1.29 bits per heavy atom. The van der Waals surface area contributed by atoms with Gasteiger partial charge in [0.1, 0.15) is 0 Å². The van der Waals surface area contributed by atoms with Crippen molar-refractivity contribution in [2.75, 3.05) is 6.54 Å². The van der Waals surface area contributed by atoms with E-state index in [-0.39, 0.29) is 6.10 Å². The highest BCUT2D eigenvalue weighted by Crippen LogP contribution is 2.36. The Hall–Kier alpha value is -0.380. The molecule has 2 nitrogen and oxygen atoms in total. The molecular formula is C11H12BrNO. The van der Waals surface area contributed by atoms with E-state index in [9.17, 15) is 0 Å². The molecule has 2 aliphatic rings. The minimum absolute atomic E-state index is 0.266. The van der Waals surface area contributed by atoms with Crippen LogP contribution in [0.4, 0.5) is 0 Å². The molecule has 1 aromatic rings. The van der Waals surface area contributed by atoms with Crippen molar-refractivity contribution in [2.45, 2.75) is 24.7 Å². The highest BCUT2D eigenvalue weighted by atomic mass is 79.9. The molecular weight excluding hydrogens is 242 g/mol. The van der Waals surface area contributed by atoms with Gasteiger partial charge in [-0.3, -0.25) is 0 Å². The highest BCUT2D eigenvalue weighted by molar-refractivity contribution is 9.10. The molecule has 0 aliphatic carbocycles. The molecule has 14 heavy (non-hydrogen) atoms. The maximum Gasteiger partial charge on any atom is 0.0983 e. The number of morpholine rings is 1. The first-order chi connectivity index (χ1) is 6.83. The van der Waals surface area contributed by atoms with Crippen LogP contribution >= 0.6 is 15.9 Å². The number of fused-ring (bicyclic) bond motifs is 2. The Morgan fingerprint density at radius 2 is 2.07 bits per heavy atom. The van der Waals surface area contributed by atoms with Crippen molar-refractivity contribution in [2.24, 2.45) is 0 Å². The maximum atomic E-state index is 5.91. The minimum Gasteiger partial charge on any atom is -0.367 e. The number of rotatable bonds is 1. The van der Waals surface area contributed by atoms with Crippen LogP contribution in [0.15, 0.2) is 28.7 Å². The van der Waals surface area contributed by atoms with Crippen molar-refractivity contribution in [3.63, 3.8) is 0 Å². The summed E-state index contributed by atoms with van der Waals surface area (Å²) in [5.74, 6) is 0. The standard InChI is InChI=1S/C11H12BrNO/c12-8-3-1-7(2-4-8)11-10-5-9(14-11)6-13-10/h1-4,9-11,13H,5-6H2. The summed E-state index contributed by atoms with van der Waals surface area (Å²) in [5, 5.41) is 3.48. The third kappa shape index (κ3) is 1.40. The number of ether oxygens (including phenoxy) is 1. The van der Waals surface area contributed by atoms with E-state index in [0.717, 1.165) is 11.0 Å². The molecule has 0 radical (unpaired) electrons. The molecule has 0 amide bonds. The van der Waals surface area contributed by atoms with E-state index >= 15 is 0 Å². The lowest BCUT2D eigenvalue weighted by atomic mass is 10.0. The van der Waals surface area contributed by atoms with Crippen molar-refractivity contribution in [1.29, 1.82) is 0 Å². The van der Waals surface area contributed by atoms with Crippen LogP contribution in [0.5, 0.6) is 0 Å². The molecule has 2 fully saturated rings. The van der Waals surface area contributed by atoms with Gasteiger partial charge in [0.25, 0.3) is 0 Å². The normalized spacial score (nSPS) is 35.1. The van der Waals surface area contributed by atoms with Gasteiger partial charge in [-0.2, -0.15) is 0 Å². The summed E-state index contributed by atoms with van der Waals surface area (Å²) in [7, 11) is 0. The van der Waals surface area contributed by atoms with Crippen LogP contribution in [0.25, 0.3) is 0 Å². The molecule has 0 spiro atoms. The maximum absolute atomic E-state index is 5.91. The first-order valence-corrected chi connectivity index (χ1v) is 5.76. The van der Waals surface area contributed by atoms with E-state index in [1.54, 1.807) is 0 Å². The van der Waals surface area contributed by atoms with Crippen LogP contribution in [0.2, 0.25) is 0 Å². The zero-order valence-electron chi connectivity index (χ0n) is 7.74. The number of nitrogens with one attached hydrogen (secondary N) is 1. The van der Waals surface area contributed by atoms with Gasteiger partial charge in [0.05, 0.1) is 12.2 Å². The fraction of sp³-hybridized carbons (Fsp3) is 0.455.